The van der Waals surface area contributed by atoms with Crippen LogP contribution in [0.1, 0.15) is 52.5 Å². The first kappa shape index (κ1) is 23.7. The van der Waals surface area contributed by atoms with Crippen molar-refractivity contribution in [1.82, 2.24) is 15.5 Å². The second kappa shape index (κ2) is 10.8. The van der Waals surface area contributed by atoms with Crippen LogP contribution in [0, 0.1) is 0 Å². The molecule has 3 N–H and O–H groups in total. The van der Waals surface area contributed by atoms with Gasteiger partial charge in [-0.05, 0) is 76.0 Å². The van der Waals surface area contributed by atoms with Gasteiger partial charge in [-0.15, -0.1) is 24.0 Å². The minimum Gasteiger partial charge on any atom is -0.384 e. The topological polar surface area (TPSA) is 59.9 Å². The Morgan fingerprint density at radius 2 is 1.92 bits per heavy atom. The maximum Gasteiger partial charge on any atom is 0.191 e. The van der Waals surface area contributed by atoms with Crippen LogP contribution in [0.5, 0.6) is 0 Å². The lowest BCUT2D eigenvalue weighted by atomic mass is 9.99. The average molecular weight is 494 g/mol. The second-order valence-corrected chi connectivity index (χ2v) is 8.47. The molecule has 1 fully saturated rings. The van der Waals surface area contributed by atoms with Crippen LogP contribution in [-0.2, 0) is 5.60 Å². The van der Waals surface area contributed by atoms with Gasteiger partial charge in [0.1, 0.15) is 5.60 Å². The molecule has 26 heavy (non-hydrogen) atoms. The van der Waals surface area contributed by atoms with Crippen molar-refractivity contribution in [3.63, 3.8) is 0 Å². The van der Waals surface area contributed by atoms with E-state index in [9.17, 15) is 5.11 Å². The number of thiophene rings is 1. The fourth-order valence-corrected chi connectivity index (χ4v) is 3.93. The molecular weight excluding hydrogens is 459 g/mol. The van der Waals surface area contributed by atoms with Gasteiger partial charge in [-0.25, -0.2) is 0 Å². The van der Waals surface area contributed by atoms with Crippen molar-refractivity contribution in [2.24, 2.45) is 4.99 Å². The molecule has 0 aliphatic carbocycles. The minimum absolute atomic E-state index is 0. The summed E-state index contributed by atoms with van der Waals surface area (Å²) in [5, 5.41) is 21.2. The third-order valence-corrected chi connectivity index (χ3v) is 5.61. The van der Waals surface area contributed by atoms with Gasteiger partial charge < -0.3 is 15.7 Å². The van der Waals surface area contributed by atoms with Crippen LogP contribution in [-0.4, -0.2) is 54.2 Å². The molecule has 1 aliphatic heterocycles. The van der Waals surface area contributed by atoms with E-state index in [0.29, 0.717) is 6.54 Å². The summed E-state index contributed by atoms with van der Waals surface area (Å²) in [6, 6.07) is 1.97. The van der Waals surface area contributed by atoms with Crippen LogP contribution in [0.4, 0.5) is 0 Å². The molecule has 150 valence electrons. The monoisotopic (exact) mass is 494 g/mol. The van der Waals surface area contributed by atoms with E-state index in [4.69, 9.17) is 4.99 Å². The normalized spacial score (nSPS) is 18.7. The molecule has 0 saturated carbocycles. The van der Waals surface area contributed by atoms with Crippen molar-refractivity contribution in [3.05, 3.63) is 22.4 Å². The molecular formula is C19H35IN4OS. The molecule has 5 nitrogen and oxygen atoms in total. The number of guanidine groups is 1. The molecule has 1 saturated heterocycles. The molecule has 2 rings (SSSR count). The molecule has 0 spiro atoms. The number of nitrogens with zero attached hydrogens (tertiary/aromatic N) is 2. The summed E-state index contributed by atoms with van der Waals surface area (Å²) < 4.78 is 0. The zero-order valence-corrected chi connectivity index (χ0v) is 19.7. The number of hydrogen-bond acceptors (Lipinski definition) is 4. The number of nitrogens with one attached hydrogen (secondary N) is 2. The van der Waals surface area contributed by atoms with Crippen molar-refractivity contribution in [2.45, 2.75) is 58.1 Å². The maximum atomic E-state index is 10.7. The van der Waals surface area contributed by atoms with E-state index in [-0.39, 0.29) is 29.5 Å². The Morgan fingerprint density at radius 1 is 1.23 bits per heavy atom. The zero-order valence-electron chi connectivity index (χ0n) is 16.5. The van der Waals surface area contributed by atoms with Crippen LogP contribution in [0.3, 0.4) is 0 Å². The Labute approximate surface area is 179 Å². The van der Waals surface area contributed by atoms with E-state index in [1.54, 1.807) is 11.3 Å². The van der Waals surface area contributed by atoms with Gasteiger partial charge in [-0.3, -0.25) is 9.89 Å². The summed E-state index contributed by atoms with van der Waals surface area (Å²) in [6.07, 6.45) is 3.92. The first-order valence-corrected chi connectivity index (χ1v) is 10.3. The Hall–Kier alpha value is -0.380. The molecule has 1 aromatic rings. The predicted molar refractivity (Wildman–Crippen MR) is 123 cm³/mol. The summed E-state index contributed by atoms with van der Waals surface area (Å²) in [6.45, 7) is 12.7. The molecule has 7 heteroatoms. The highest BCUT2D eigenvalue weighted by Crippen LogP contribution is 2.22. The second-order valence-electron chi connectivity index (χ2n) is 7.69. The van der Waals surface area contributed by atoms with E-state index in [0.717, 1.165) is 24.6 Å². The van der Waals surface area contributed by atoms with Crippen LogP contribution in [0.25, 0.3) is 0 Å². The molecule has 0 bridgehead atoms. The Bertz CT molecular complexity index is 540. The fourth-order valence-electron chi connectivity index (χ4n) is 3.14. The van der Waals surface area contributed by atoms with E-state index in [1.807, 2.05) is 23.8 Å². The van der Waals surface area contributed by atoms with Gasteiger partial charge in [0.2, 0.25) is 0 Å². The van der Waals surface area contributed by atoms with Crippen LogP contribution < -0.4 is 10.6 Å². The van der Waals surface area contributed by atoms with Gasteiger partial charge in [0, 0.05) is 12.1 Å². The van der Waals surface area contributed by atoms with E-state index in [2.05, 4.69) is 36.3 Å². The quantitative estimate of drug-likeness (QED) is 0.309. The summed E-state index contributed by atoms with van der Waals surface area (Å²) in [5.74, 6) is 0.767. The van der Waals surface area contributed by atoms with Crippen molar-refractivity contribution in [1.29, 1.82) is 0 Å². The average Bonchev–Trinajstić information content (AvgIpc) is 3.14. The number of aliphatic imine (C=N–C) groups is 1. The predicted octanol–water partition coefficient (Wildman–Crippen LogP) is 3.39. The minimum atomic E-state index is -0.904. The summed E-state index contributed by atoms with van der Waals surface area (Å²) in [5.41, 5.74) is 0.0894. The Balaban J connectivity index is 0.00000338. The standard InChI is InChI=1S/C19H34N4OS.HI/c1-5-20-17(22-15-19(4,24)16-9-12-25-13-16)21-14-18(2,3)23-10-7-6-8-11-23;/h9,12-13,24H,5-8,10-11,14-15H2,1-4H3,(H2,20,21,22);1H. The molecule has 1 aromatic heterocycles. The van der Waals surface area contributed by atoms with Crippen molar-refractivity contribution in [2.75, 3.05) is 32.7 Å². The highest BCUT2D eigenvalue weighted by Gasteiger charge is 2.28. The van der Waals surface area contributed by atoms with E-state index in [1.165, 1.54) is 32.4 Å². The lowest BCUT2D eigenvalue weighted by Gasteiger charge is -2.40. The number of piperidine rings is 1. The van der Waals surface area contributed by atoms with Crippen molar-refractivity contribution < 1.29 is 5.11 Å². The molecule has 1 unspecified atom stereocenters. The summed E-state index contributed by atoms with van der Waals surface area (Å²) >= 11 is 1.60. The van der Waals surface area contributed by atoms with E-state index < -0.39 is 5.60 Å². The number of likely N-dealkylation sites (tertiary alicyclic amines) is 1. The molecule has 0 radical (unpaired) electrons. The molecule has 1 atom stereocenters. The van der Waals surface area contributed by atoms with Crippen molar-refractivity contribution >= 4 is 41.3 Å². The van der Waals surface area contributed by atoms with Gasteiger partial charge in [0.15, 0.2) is 5.96 Å². The lowest BCUT2D eigenvalue weighted by molar-refractivity contribution is 0.0621. The Kier molecular flexibility index (Phi) is 9.85. The third kappa shape index (κ3) is 6.98. The fraction of sp³-hybridized carbons (Fsp3) is 0.737. The molecule has 0 aromatic carbocycles. The van der Waals surface area contributed by atoms with Crippen LogP contribution in [0.2, 0.25) is 0 Å². The summed E-state index contributed by atoms with van der Waals surface area (Å²) in [4.78, 5) is 7.34. The highest BCUT2D eigenvalue weighted by atomic mass is 127. The highest BCUT2D eigenvalue weighted by molar-refractivity contribution is 14.0. The van der Waals surface area contributed by atoms with Gasteiger partial charge in [-0.1, -0.05) is 6.42 Å². The summed E-state index contributed by atoms with van der Waals surface area (Å²) in [7, 11) is 0. The molecule has 0 amide bonds. The van der Waals surface area contributed by atoms with Gasteiger partial charge in [0.05, 0.1) is 13.1 Å². The van der Waals surface area contributed by atoms with Crippen molar-refractivity contribution in [3.8, 4) is 0 Å². The maximum absolute atomic E-state index is 10.7. The SMILES string of the molecule is CCNC(=NCC(C)(C)N1CCCCC1)NCC(C)(O)c1ccsc1.I. The number of halogens is 1. The molecule has 2 heterocycles. The number of hydrogen-bond donors (Lipinski definition) is 3. The third-order valence-electron chi connectivity index (χ3n) is 4.92. The van der Waals surface area contributed by atoms with Gasteiger partial charge in [0.25, 0.3) is 0 Å². The number of aliphatic hydroxyl groups is 1. The van der Waals surface area contributed by atoms with E-state index >= 15 is 0 Å². The Morgan fingerprint density at radius 3 is 2.50 bits per heavy atom. The first-order chi connectivity index (χ1) is 11.8. The molecule has 1 aliphatic rings. The smallest absolute Gasteiger partial charge is 0.191 e. The first-order valence-electron chi connectivity index (χ1n) is 9.37. The van der Waals surface area contributed by atoms with Crippen LogP contribution >= 0.6 is 35.3 Å². The van der Waals surface area contributed by atoms with Crippen LogP contribution in [0.15, 0.2) is 21.8 Å². The largest absolute Gasteiger partial charge is 0.384 e. The lowest BCUT2D eigenvalue weighted by Crippen LogP contribution is -2.50. The van der Waals surface area contributed by atoms with Gasteiger partial charge in [-0.2, -0.15) is 11.3 Å². The zero-order chi connectivity index (χ0) is 18.3. The number of rotatable bonds is 7. The van der Waals surface area contributed by atoms with Gasteiger partial charge >= 0.3 is 0 Å².